The van der Waals surface area contributed by atoms with Crippen molar-refractivity contribution in [3.8, 4) is 0 Å². The standard InChI is InChI=1S/C35H42N10O6/c1-20(46)42-28(15-24-17-38-19-41-24)33(49)45-18-22-8-3-2-7-21(22)14-30(45)32(48)43-27(11-6-12-39-35(36)37)31(47)44-29(34(50)51)13-23-16-40-26-10-5-4-9-25(23)26/h2-5,7-10,16-17,19,27-30,40H,6,11-15,18H2,1H3,(H,38,41)(H,42,46)(H,43,48)(H,44,47)(H,50,51)(H4,36,37,39)/t27-,28-,29-,30+/m0/s1. The number of para-hydroxylation sites is 1. The van der Waals surface area contributed by atoms with Gasteiger partial charge >= 0.3 is 5.97 Å². The minimum atomic E-state index is -1.31. The van der Waals surface area contributed by atoms with E-state index in [2.05, 4.69) is 35.9 Å². The van der Waals surface area contributed by atoms with Gasteiger partial charge in [-0.15, -0.1) is 0 Å². The molecular weight excluding hydrogens is 656 g/mol. The number of H-pyrrole nitrogens is 2. The lowest BCUT2D eigenvalue weighted by molar-refractivity contribution is -0.145. The second-order valence-electron chi connectivity index (χ2n) is 12.5. The summed E-state index contributed by atoms with van der Waals surface area (Å²) in [5.41, 5.74) is 14.8. The zero-order valence-corrected chi connectivity index (χ0v) is 28.1. The third-order valence-corrected chi connectivity index (χ3v) is 8.78. The van der Waals surface area contributed by atoms with E-state index < -0.39 is 53.8 Å². The molecule has 0 bridgehead atoms. The van der Waals surface area contributed by atoms with Gasteiger partial charge < -0.3 is 47.4 Å². The maximum Gasteiger partial charge on any atom is 0.326 e. The van der Waals surface area contributed by atoms with Crippen LogP contribution in [0.5, 0.6) is 0 Å². The molecule has 5 rings (SSSR count). The monoisotopic (exact) mass is 698 g/mol. The van der Waals surface area contributed by atoms with Crippen molar-refractivity contribution in [2.75, 3.05) is 6.54 Å². The first-order chi connectivity index (χ1) is 24.5. The minimum Gasteiger partial charge on any atom is -0.480 e. The molecule has 0 spiro atoms. The first kappa shape index (κ1) is 36.1. The second-order valence-corrected chi connectivity index (χ2v) is 12.5. The number of nitrogens with two attached hydrogens (primary N) is 2. The summed E-state index contributed by atoms with van der Waals surface area (Å²) in [4.78, 5) is 82.1. The number of aromatic nitrogens is 3. The maximum absolute atomic E-state index is 14.2. The molecule has 1 aliphatic heterocycles. The van der Waals surface area contributed by atoms with Crippen LogP contribution in [0.4, 0.5) is 0 Å². The SMILES string of the molecule is CC(=O)N[C@@H](Cc1cnc[nH]1)C(=O)N1Cc2ccccc2C[C@@H]1C(=O)N[C@@H](CCCN=C(N)N)C(=O)N[C@@H](Cc1c[nH]c2ccccc12)C(=O)O. The summed E-state index contributed by atoms with van der Waals surface area (Å²) in [7, 11) is 0. The molecule has 10 N–H and O–H groups in total. The molecule has 51 heavy (non-hydrogen) atoms. The van der Waals surface area contributed by atoms with Crippen molar-refractivity contribution in [1.82, 2.24) is 35.8 Å². The quantitative estimate of drug-likeness (QED) is 0.0480. The zero-order valence-electron chi connectivity index (χ0n) is 28.1. The predicted octanol–water partition coefficient (Wildman–Crippen LogP) is 0.242. The van der Waals surface area contributed by atoms with Crippen molar-refractivity contribution in [1.29, 1.82) is 0 Å². The number of nitrogens with zero attached hydrogens (tertiary/aromatic N) is 3. The largest absolute Gasteiger partial charge is 0.480 e. The number of carboxylic acids is 1. The number of carbonyl (C=O) groups excluding carboxylic acids is 4. The summed E-state index contributed by atoms with van der Waals surface area (Å²) in [5, 5.41) is 19.0. The van der Waals surface area contributed by atoms with E-state index in [-0.39, 0.29) is 51.2 Å². The molecule has 16 nitrogen and oxygen atoms in total. The number of aromatic amines is 2. The lowest BCUT2D eigenvalue weighted by Crippen LogP contribution is -2.60. The first-order valence-electron chi connectivity index (χ1n) is 16.6. The van der Waals surface area contributed by atoms with Crippen LogP contribution in [0.25, 0.3) is 10.9 Å². The highest BCUT2D eigenvalue weighted by atomic mass is 16.4. The summed E-state index contributed by atoms with van der Waals surface area (Å²) < 4.78 is 0. The lowest BCUT2D eigenvalue weighted by atomic mass is 9.92. The molecule has 4 atom stereocenters. The third kappa shape index (κ3) is 9.29. The van der Waals surface area contributed by atoms with Crippen molar-refractivity contribution in [2.24, 2.45) is 16.5 Å². The number of imidazole rings is 1. The highest BCUT2D eigenvalue weighted by molar-refractivity contribution is 5.95. The van der Waals surface area contributed by atoms with Gasteiger partial charge in [-0.2, -0.15) is 0 Å². The number of fused-ring (bicyclic) bond motifs is 2. The van der Waals surface area contributed by atoms with E-state index in [1.165, 1.54) is 18.2 Å². The van der Waals surface area contributed by atoms with Gasteiger partial charge in [-0.1, -0.05) is 42.5 Å². The average Bonchev–Trinajstić information content (AvgIpc) is 3.77. The number of carbonyl (C=O) groups is 5. The molecule has 1 aliphatic rings. The van der Waals surface area contributed by atoms with Crippen LogP contribution in [-0.2, 0) is 49.8 Å². The molecular formula is C35H42N10O6. The summed E-state index contributed by atoms with van der Waals surface area (Å²) in [6.07, 6.45) is 5.30. The number of amides is 4. The van der Waals surface area contributed by atoms with Gasteiger partial charge in [0.15, 0.2) is 5.96 Å². The normalized spacial score (nSPS) is 15.5. The second kappa shape index (κ2) is 16.5. The van der Waals surface area contributed by atoms with E-state index in [9.17, 15) is 29.1 Å². The van der Waals surface area contributed by atoms with Crippen molar-refractivity contribution in [3.63, 3.8) is 0 Å². The van der Waals surface area contributed by atoms with E-state index in [1.54, 1.807) is 12.4 Å². The van der Waals surface area contributed by atoms with Crippen LogP contribution in [0.1, 0.15) is 42.1 Å². The Morgan fingerprint density at radius 1 is 0.961 bits per heavy atom. The fourth-order valence-electron chi connectivity index (χ4n) is 6.28. The number of hydrogen-bond acceptors (Lipinski definition) is 7. The van der Waals surface area contributed by atoms with Crippen molar-refractivity contribution in [2.45, 2.75) is 69.7 Å². The molecule has 3 heterocycles. The zero-order chi connectivity index (χ0) is 36.5. The highest BCUT2D eigenvalue weighted by Gasteiger charge is 2.39. The number of benzene rings is 2. The van der Waals surface area contributed by atoms with Gasteiger partial charge in [0.2, 0.25) is 23.6 Å². The number of hydrogen-bond donors (Lipinski definition) is 8. The first-order valence-corrected chi connectivity index (χ1v) is 16.6. The van der Waals surface area contributed by atoms with Crippen LogP contribution in [0.3, 0.4) is 0 Å². The number of aliphatic carboxylic acids is 1. The van der Waals surface area contributed by atoms with Crippen LogP contribution in [-0.4, -0.2) is 91.2 Å². The molecule has 16 heteroatoms. The van der Waals surface area contributed by atoms with E-state index in [4.69, 9.17) is 11.5 Å². The molecule has 268 valence electrons. The van der Waals surface area contributed by atoms with Crippen molar-refractivity contribution >= 4 is 46.5 Å². The van der Waals surface area contributed by atoms with Gasteiger partial charge in [0, 0.05) is 68.3 Å². The number of guanidine groups is 1. The van der Waals surface area contributed by atoms with Crippen molar-refractivity contribution in [3.05, 3.63) is 89.6 Å². The number of nitrogens with one attached hydrogen (secondary N) is 5. The van der Waals surface area contributed by atoms with Crippen LogP contribution < -0.4 is 27.4 Å². The van der Waals surface area contributed by atoms with Crippen LogP contribution in [0, 0.1) is 0 Å². The predicted molar refractivity (Wildman–Crippen MR) is 188 cm³/mol. The molecule has 4 aromatic rings. The van der Waals surface area contributed by atoms with Gasteiger partial charge in [-0.05, 0) is 35.6 Å². The number of carboxylic acid groups (broad SMARTS) is 1. The Kier molecular flexibility index (Phi) is 11.7. The Balaban J connectivity index is 1.39. The summed E-state index contributed by atoms with van der Waals surface area (Å²) in [6, 6.07) is 10.3. The summed E-state index contributed by atoms with van der Waals surface area (Å²) in [6.45, 7) is 1.55. The molecule has 0 saturated heterocycles. The Hall–Kier alpha value is -6.19. The van der Waals surface area contributed by atoms with Gasteiger partial charge in [-0.25, -0.2) is 9.78 Å². The molecule has 0 aliphatic carbocycles. The Labute approximate surface area is 293 Å². The molecule has 0 saturated carbocycles. The number of aliphatic imine (C=N–C) groups is 1. The Morgan fingerprint density at radius 3 is 2.41 bits per heavy atom. The van der Waals surface area contributed by atoms with Crippen LogP contribution in [0.2, 0.25) is 0 Å². The van der Waals surface area contributed by atoms with Crippen molar-refractivity contribution < 1.29 is 29.1 Å². The topological polar surface area (TPSA) is 254 Å². The van der Waals surface area contributed by atoms with Gasteiger partial charge in [0.05, 0.1) is 6.33 Å². The molecule has 2 aromatic carbocycles. The van der Waals surface area contributed by atoms with E-state index in [1.807, 2.05) is 48.5 Å². The molecule has 0 fully saturated rings. The Bertz CT molecular complexity index is 1900. The van der Waals surface area contributed by atoms with E-state index >= 15 is 0 Å². The molecule has 4 amide bonds. The Morgan fingerprint density at radius 2 is 1.71 bits per heavy atom. The molecule has 0 unspecified atom stereocenters. The molecule has 0 radical (unpaired) electrons. The summed E-state index contributed by atoms with van der Waals surface area (Å²) >= 11 is 0. The fourth-order valence-corrected chi connectivity index (χ4v) is 6.28. The van der Waals surface area contributed by atoms with Gasteiger partial charge in [0.25, 0.3) is 0 Å². The van der Waals surface area contributed by atoms with Gasteiger partial charge in [-0.3, -0.25) is 24.2 Å². The fraction of sp³-hybridized carbons (Fsp3) is 0.343. The van der Waals surface area contributed by atoms with Crippen LogP contribution in [0.15, 0.2) is 72.2 Å². The summed E-state index contributed by atoms with van der Waals surface area (Å²) in [5.74, 6) is -3.64. The average molecular weight is 699 g/mol. The smallest absolute Gasteiger partial charge is 0.326 e. The number of rotatable bonds is 15. The minimum absolute atomic E-state index is 0.0116. The van der Waals surface area contributed by atoms with Crippen LogP contribution >= 0.6 is 0 Å². The highest BCUT2D eigenvalue weighted by Crippen LogP contribution is 2.25. The van der Waals surface area contributed by atoms with E-state index in [0.29, 0.717) is 11.3 Å². The third-order valence-electron chi connectivity index (χ3n) is 8.78. The lowest BCUT2D eigenvalue weighted by Gasteiger charge is -2.38. The van der Waals surface area contributed by atoms with E-state index in [0.717, 1.165) is 22.0 Å². The van der Waals surface area contributed by atoms with Gasteiger partial charge in [0.1, 0.15) is 24.2 Å². The maximum atomic E-state index is 14.2. The molecule has 2 aromatic heterocycles.